The van der Waals surface area contributed by atoms with E-state index in [1.165, 1.54) is 4.90 Å². The Labute approximate surface area is 158 Å². The van der Waals surface area contributed by atoms with E-state index in [0.29, 0.717) is 16.9 Å². The number of aryl methyl sites for hydroxylation is 1. The minimum absolute atomic E-state index is 0.0288. The number of aliphatic hydroxyl groups excluding tert-OH is 1. The molecule has 0 aliphatic rings. The number of amides is 2. The van der Waals surface area contributed by atoms with Crippen LogP contribution in [0.1, 0.15) is 24.0 Å². The molecular formula is C20H24N4O3. The van der Waals surface area contributed by atoms with Gasteiger partial charge in [-0.05, 0) is 48.9 Å². The highest BCUT2D eigenvalue weighted by atomic mass is 16.3. The van der Waals surface area contributed by atoms with E-state index < -0.39 is 0 Å². The Morgan fingerprint density at radius 2 is 1.85 bits per heavy atom. The number of hydrogen-bond acceptors (Lipinski definition) is 4. The molecule has 7 nitrogen and oxygen atoms in total. The summed E-state index contributed by atoms with van der Waals surface area (Å²) in [6.45, 7) is 1.95. The van der Waals surface area contributed by atoms with Crippen molar-refractivity contribution < 1.29 is 14.7 Å². The van der Waals surface area contributed by atoms with Gasteiger partial charge in [-0.25, -0.2) is 0 Å². The molecule has 27 heavy (non-hydrogen) atoms. The number of carbonyl (C=O) groups excluding carboxylic acids is 2. The summed E-state index contributed by atoms with van der Waals surface area (Å²) in [5.41, 5.74) is 8.25. The Morgan fingerprint density at radius 3 is 2.44 bits per heavy atom. The Bertz CT molecular complexity index is 818. The molecule has 5 N–H and O–H groups in total. The van der Waals surface area contributed by atoms with Gasteiger partial charge in [0.15, 0.2) is 0 Å². The topological polar surface area (TPSA) is 120 Å². The van der Waals surface area contributed by atoms with Gasteiger partial charge in [0.05, 0.1) is 6.61 Å². The summed E-state index contributed by atoms with van der Waals surface area (Å²) in [5, 5.41) is 19.3. The van der Waals surface area contributed by atoms with Crippen molar-refractivity contribution in [2.75, 3.05) is 23.4 Å². The van der Waals surface area contributed by atoms with Crippen LogP contribution in [0.2, 0.25) is 0 Å². The lowest BCUT2D eigenvalue weighted by atomic mass is 10.1. The molecule has 0 fully saturated rings. The molecule has 0 unspecified atom stereocenters. The van der Waals surface area contributed by atoms with E-state index in [0.717, 1.165) is 5.56 Å². The van der Waals surface area contributed by atoms with Gasteiger partial charge < -0.3 is 21.1 Å². The van der Waals surface area contributed by atoms with E-state index >= 15 is 0 Å². The van der Waals surface area contributed by atoms with Crippen molar-refractivity contribution in [2.45, 2.75) is 19.8 Å². The third-order valence-electron chi connectivity index (χ3n) is 3.98. The number of amidine groups is 1. The van der Waals surface area contributed by atoms with Crippen LogP contribution in [0.5, 0.6) is 0 Å². The molecule has 0 radical (unpaired) electrons. The number of aliphatic hydroxyl groups is 1. The SMILES string of the molecule is Cc1cccc(N(CCO)C(=O)CCC(=O)Nc2ccc(C(=N)N)cc2)c1. The average Bonchev–Trinajstić information content (AvgIpc) is 2.64. The lowest BCUT2D eigenvalue weighted by molar-refractivity contribution is -0.122. The first-order chi connectivity index (χ1) is 12.9. The number of nitrogen functional groups attached to an aromatic ring is 1. The second-order valence-electron chi connectivity index (χ2n) is 6.15. The maximum absolute atomic E-state index is 12.5. The zero-order valence-electron chi connectivity index (χ0n) is 15.2. The summed E-state index contributed by atoms with van der Waals surface area (Å²) in [6, 6.07) is 14.0. The first-order valence-corrected chi connectivity index (χ1v) is 8.63. The minimum atomic E-state index is -0.285. The second-order valence-corrected chi connectivity index (χ2v) is 6.15. The minimum Gasteiger partial charge on any atom is -0.395 e. The third kappa shape index (κ3) is 5.93. The van der Waals surface area contributed by atoms with E-state index in [-0.39, 0.29) is 43.6 Å². The van der Waals surface area contributed by atoms with Crippen molar-refractivity contribution in [1.29, 1.82) is 5.41 Å². The smallest absolute Gasteiger partial charge is 0.227 e. The summed E-state index contributed by atoms with van der Waals surface area (Å²) in [5.74, 6) is -0.553. The normalized spacial score (nSPS) is 10.3. The van der Waals surface area contributed by atoms with Crippen LogP contribution in [0.15, 0.2) is 48.5 Å². The molecule has 0 saturated carbocycles. The number of hydrogen-bond donors (Lipinski definition) is 4. The monoisotopic (exact) mass is 368 g/mol. The first-order valence-electron chi connectivity index (χ1n) is 8.63. The van der Waals surface area contributed by atoms with Crippen molar-refractivity contribution in [1.82, 2.24) is 0 Å². The Kier molecular flexibility index (Phi) is 7.08. The van der Waals surface area contributed by atoms with Crippen LogP contribution in [0.25, 0.3) is 0 Å². The number of nitrogens with zero attached hydrogens (tertiary/aromatic N) is 1. The molecule has 0 aliphatic heterocycles. The fourth-order valence-electron chi connectivity index (χ4n) is 2.61. The fourth-order valence-corrected chi connectivity index (χ4v) is 2.61. The second kappa shape index (κ2) is 9.49. The Balaban J connectivity index is 1.93. The molecule has 7 heteroatoms. The van der Waals surface area contributed by atoms with Crippen LogP contribution in [0.4, 0.5) is 11.4 Å². The van der Waals surface area contributed by atoms with Crippen molar-refractivity contribution in [3.8, 4) is 0 Å². The van der Waals surface area contributed by atoms with Crippen LogP contribution in [-0.4, -0.2) is 35.9 Å². The predicted octanol–water partition coefficient (Wildman–Crippen LogP) is 2.02. The van der Waals surface area contributed by atoms with Crippen LogP contribution >= 0.6 is 0 Å². The van der Waals surface area contributed by atoms with Crippen molar-refractivity contribution in [3.05, 3.63) is 59.7 Å². The van der Waals surface area contributed by atoms with Crippen molar-refractivity contribution in [2.24, 2.45) is 5.73 Å². The maximum atomic E-state index is 12.5. The van der Waals surface area contributed by atoms with E-state index in [1.807, 2.05) is 25.1 Å². The van der Waals surface area contributed by atoms with Crippen molar-refractivity contribution in [3.63, 3.8) is 0 Å². The molecule has 2 rings (SSSR count). The third-order valence-corrected chi connectivity index (χ3v) is 3.98. The fraction of sp³-hybridized carbons (Fsp3) is 0.250. The number of nitrogens with two attached hydrogens (primary N) is 1. The van der Waals surface area contributed by atoms with Crippen LogP contribution in [0, 0.1) is 12.3 Å². The van der Waals surface area contributed by atoms with Crippen LogP contribution in [0.3, 0.4) is 0 Å². The molecule has 0 bridgehead atoms. The molecule has 2 aromatic rings. The van der Waals surface area contributed by atoms with E-state index in [4.69, 9.17) is 11.1 Å². The van der Waals surface area contributed by atoms with Gasteiger partial charge in [-0.15, -0.1) is 0 Å². The first kappa shape index (κ1) is 20.1. The largest absolute Gasteiger partial charge is 0.395 e. The zero-order valence-corrected chi connectivity index (χ0v) is 15.2. The van der Waals surface area contributed by atoms with Gasteiger partial charge in [-0.1, -0.05) is 12.1 Å². The lowest BCUT2D eigenvalue weighted by Crippen LogP contribution is -2.34. The molecule has 0 aromatic heterocycles. The molecule has 0 atom stereocenters. The number of anilines is 2. The summed E-state index contributed by atoms with van der Waals surface area (Å²) >= 11 is 0. The highest BCUT2D eigenvalue weighted by Crippen LogP contribution is 2.17. The van der Waals surface area contributed by atoms with E-state index in [2.05, 4.69) is 5.32 Å². The maximum Gasteiger partial charge on any atom is 0.227 e. The predicted molar refractivity (Wildman–Crippen MR) is 106 cm³/mol. The summed E-state index contributed by atoms with van der Waals surface area (Å²) in [7, 11) is 0. The number of benzene rings is 2. The molecule has 0 heterocycles. The summed E-state index contributed by atoms with van der Waals surface area (Å²) in [4.78, 5) is 26.1. The van der Waals surface area contributed by atoms with Gasteiger partial charge in [0.2, 0.25) is 11.8 Å². The highest BCUT2D eigenvalue weighted by molar-refractivity contribution is 5.99. The quantitative estimate of drug-likeness (QED) is 0.421. The highest BCUT2D eigenvalue weighted by Gasteiger charge is 2.17. The van der Waals surface area contributed by atoms with Gasteiger partial charge in [0.1, 0.15) is 5.84 Å². The van der Waals surface area contributed by atoms with Crippen molar-refractivity contribution >= 4 is 29.0 Å². The molecule has 2 aromatic carbocycles. The lowest BCUT2D eigenvalue weighted by Gasteiger charge is -2.22. The molecule has 142 valence electrons. The van der Waals surface area contributed by atoms with Gasteiger partial charge >= 0.3 is 0 Å². The summed E-state index contributed by atoms with van der Waals surface area (Å²) < 4.78 is 0. The standard InChI is InChI=1S/C20H24N4O3/c1-14-3-2-4-17(13-14)24(11-12-25)19(27)10-9-18(26)23-16-7-5-15(6-8-16)20(21)22/h2-8,13,25H,9-12H2,1H3,(H3,21,22)(H,23,26). The van der Waals surface area contributed by atoms with Crippen LogP contribution in [-0.2, 0) is 9.59 Å². The van der Waals surface area contributed by atoms with Gasteiger partial charge in [0, 0.05) is 36.3 Å². The molecule has 0 spiro atoms. The van der Waals surface area contributed by atoms with Gasteiger partial charge in [-0.3, -0.25) is 15.0 Å². The number of carbonyl (C=O) groups is 2. The molecule has 0 saturated heterocycles. The average molecular weight is 368 g/mol. The van der Waals surface area contributed by atoms with Gasteiger partial charge in [-0.2, -0.15) is 0 Å². The molecule has 0 aliphatic carbocycles. The van der Waals surface area contributed by atoms with E-state index in [1.54, 1.807) is 30.3 Å². The summed E-state index contributed by atoms with van der Waals surface area (Å²) in [6.07, 6.45) is 0.0618. The zero-order chi connectivity index (χ0) is 19.8. The van der Waals surface area contributed by atoms with Crippen LogP contribution < -0.4 is 16.0 Å². The Morgan fingerprint density at radius 1 is 1.15 bits per heavy atom. The Hall–Kier alpha value is -3.19. The molecule has 2 amide bonds. The molecular weight excluding hydrogens is 344 g/mol. The van der Waals surface area contributed by atoms with Gasteiger partial charge in [0.25, 0.3) is 0 Å². The number of rotatable bonds is 8. The number of nitrogens with one attached hydrogen (secondary N) is 2. The van der Waals surface area contributed by atoms with E-state index in [9.17, 15) is 14.7 Å².